The van der Waals surface area contributed by atoms with Gasteiger partial charge in [0.05, 0.1) is 5.60 Å². The third kappa shape index (κ3) is 3.68. The van der Waals surface area contributed by atoms with E-state index in [1.54, 1.807) is 25.4 Å². The fourth-order valence-corrected chi connectivity index (χ4v) is 4.75. The Morgan fingerprint density at radius 3 is 2.89 bits per heavy atom. The molecule has 4 rings (SSSR count). The van der Waals surface area contributed by atoms with Crippen LogP contribution in [0.2, 0.25) is 5.02 Å². The Kier molecular flexibility index (Phi) is 5.35. The van der Waals surface area contributed by atoms with E-state index < -0.39 is 0 Å². The number of ether oxygens (including phenoxy) is 2. The van der Waals surface area contributed by atoms with Crippen molar-refractivity contribution < 1.29 is 13.9 Å². The van der Waals surface area contributed by atoms with E-state index in [-0.39, 0.29) is 23.6 Å². The maximum Gasteiger partial charge on any atom is 0.213 e. The summed E-state index contributed by atoms with van der Waals surface area (Å²) in [6.07, 6.45) is 5.43. The van der Waals surface area contributed by atoms with Gasteiger partial charge in [-0.2, -0.15) is 0 Å². The Bertz CT molecular complexity index is 771. The molecule has 2 aliphatic rings. The van der Waals surface area contributed by atoms with Crippen LogP contribution in [0.1, 0.15) is 31.2 Å². The first-order valence-corrected chi connectivity index (χ1v) is 9.79. The fourth-order valence-electron chi connectivity index (χ4n) is 4.53. The molecule has 0 unspecified atom stereocenters. The average Bonchev–Trinajstić information content (AvgIpc) is 3.04. The first-order valence-electron chi connectivity index (χ1n) is 9.41. The smallest absolute Gasteiger partial charge is 0.213 e. The van der Waals surface area contributed by atoms with Crippen LogP contribution in [0, 0.1) is 5.82 Å². The molecule has 0 bridgehead atoms. The van der Waals surface area contributed by atoms with Crippen LogP contribution in [-0.4, -0.2) is 41.3 Å². The van der Waals surface area contributed by atoms with Crippen LogP contribution in [0.3, 0.4) is 0 Å². The monoisotopic (exact) mass is 390 g/mol. The van der Waals surface area contributed by atoms with Gasteiger partial charge in [-0.15, -0.1) is 0 Å². The molecular formula is C21H24ClFN2O2. The molecule has 6 heteroatoms. The van der Waals surface area contributed by atoms with E-state index in [4.69, 9.17) is 21.1 Å². The van der Waals surface area contributed by atoms with Gasteiger partial charge >= 0.3 is 0 Å². The minimum absolute atomic E-state index is 0.0740. The maximum atomic E-state index is 14.3. The molecule has 1 aliphatic carbocycles. The predicted octanol–water partition coefficient (Wildman–Crippen LogP) is 4.47. The van der Waals surface area contributed by atoms with E-state index in [0.29, 0.717) is 23.0 Å². The minimum atomic E-state index is -0.255. The van der Waals surface area contributed by atoms with Crippen molar-refractivity contribution in [2.24, 2.45) is 0 Å². The molecule has 0 radical (unpaired) electrons. The lowest BCUT2D eigenvalue weighted by atomic mass is 9.79. The molecule has 1 saturated heterocycles. The summed E-state index contributed by atoms with van der Waals surface area (Å²) in [5, 5.41) is 0.474. The zero-order valence-electron chi connectivity index (χ0n) is 15.4. The molecule has 1 saturated carbocycles. The van der Waals surface area contributed by atoms with E-state index in [2.05, 4.69) is 9.88 Å². The highest BCUT2D eigenvalue weighted by atomic mass is 35.5. The van der Waals surface area contributed by atoms with Gasteiger partial charge in [-0.25, -0.2) is 9.37 Å². The standard InChI is InChI=1S/C21H24ClFN2O2/c1-26-21-9-8-15(27-20-7-2-3-11-24-20)13-19(21)25(12-10-21)14-16-17(22)5-4-6-18(16)23/h2-7,11,15,19H,8-10,12-14H2,1H3/t15-,19-,21+/m0/s1. The van der Waals surface area contributed by atoms with E-state index in [1.165, 1.54) is 6.07 Å². The normalized spacial score (nSPS) is 28.1. The Balaban J connectivity index is 1.52. The van der Waals surface area contributed by atoms with Crippen molar-refractivity contribution in [3.8, 4) is 5.88 Å². The number of nitrogens with zero attached hydrogens (tertiary/aromatic N) is 2. The van der Waals surface area contributed by atoms with Crippen molar-refractivity contribution in [3.05, 3.63) is 59.0 Å². The van der Waals surface area contributed by atoms with Gasteiger partial charge in [0.15, 0.2) is 0 Å². The Hall–Kier alpha value is -1.69. The van der Waals surface area contributed by atoms with Crippen molar-refractivity contribution in [1.82, 2.24) is 9.88 Å². The number of hydrogen-bond acceptors (Lipinski definition) is 4. The lowest BCUT2D eigenvalue weighted by Gasteiger charge is -2.43. The largest absolute Gasteiger partial charge is 0.474 e. The highest BCUT2D eigenvalue weighted by Crippen LogP contribution is 2.44. The van der Waals surface area contributed by atoms with Crippen molar-refractivity contribution >= 4 is 11.6 Å². The number of methoxy groups -OCH3 is 1. The molecule has 27 heavy (non-hydrogen) atoms. The van der Waals surface area contributed by atoms with Crippen molar-refractivity contribution in [1.29, 1.82) is 0 Å². The molecule has 1 aromatic heterocycles. The van der Waals surface area contributed by atoms with Gasteiger partial charge in [0.2, 0.25) is 5.88 Å². The number of hydrogen-bond donors (Lipinski definition) is 0. The Labute approximate surface area is 164 Å². The highest BCUT2D eigenvalue weighted by molar-refractivity contribution is 6.31. The topological polar surface area (TPSA) is 34.6 Å². The van der Waals surface area contributed by atoms with Gasteiger partial charge < -0.3 is 9.47 Å². The summed E-state index contributed by atoms with van der Waals surface area (Å²) >= 11 is 6.26. The SMILES string of the molecule is CO[C@@]12CC[C@H](Oc3ccccn3)C[C@@H]1N(Cc1c(F)cccc1Cl)CC2. The fraction of sp³-hybridized carbons (Fsp3) is 0.476. The molecule has 0 N–H and O–H groups in total. The predicted molar refractivity (Wildman–Crippen MR) is 102 cm³/mol. The molecule has 4 nitrogen and oxygen atoms in total. The summed E-state index contributed by atoms with van der Waals surface area (Å²) in [6.45, 7) is 1.34. The summed E-state index contributed by atoms with van der Waals surface area (Å²) < 4.78 is 26.4. The molecule has 2 aromatic rings. The third-order valence-electron chi connectivity index (χ3n) is 6.00. The Morgan fingerprint density at radius 2 is 2.15 bits per heavy atom. The second-order valence-corrected chi connectivity index (χ2v) is 7.79. The minimum Gasteiger partial charge on any atom is -0.474 e. The summed E-state index contributed by atoms with van der Waals surface area (Å²) in [5.74, 6) is 0.392. The zero-order valence-corrected chi connectivity index (χ0v) is 16.2. The second-order valence-electron chi connectivity index (χ2n) is 7.39. The van der Waals surface area contributed by atoms with E-state index in [1.807, 2.05) is 18.2 Å². The summed E-state index contributed by atoms with van der Waals surface area (Å²) in [4.78, 5) is 6.57. The van der Waals surface area contributed by atoms with Crippen LogP contribution in [-0.2, 0) is 11.3 Å². The number of likely N-dealkylation sites (tertiary alicyclic amines) is 1. The highest BCUT2D eigenvalue weighted by Gasteiger charge is 2.51. The van der Waals surface area contributed by atoms with Crippen molar-refractivity contribution in [2.45, 2.75) is 50.0 Å². The Morgan fingerprint density at radius 1 is 1.26 bits per heavy atom. The summed E-state index contributed by atoms with van der Waals surface area (Å²) in [5.41, 5.74) is 0.362. The maximum absolute atomic E-state index is 14.3. The molecule has 0 amide bonds. The van der Waals surface area contributed by atoms with Gasteiger partial charge in [0.25, 0.3) is 0 Å². The first-order chi connectivity index (χ1) is 13.1. The van der Waals surface area contributed by atoms with Gasteiger partial charge in [0, 0.05) is 55.5 Å². The molecule has 0 spiro atoms. The quantitative estimate of drug-likeness (QED) is 0.754. The third-order valence-corrected chi connectivity index (χ3v) is 6.35. The lowest BCUT2D eigenvalue weighted by molar-refractivity contribution is -0.0844. The van der Waals surface area contributed by atoms with Gasteiger partial charge in [-0.1, -0.05) is 23.7 Å². The number of benzene rings is 1. The summed E-state index contributed by atoms with van der Waals surface area (Å²) in [6, 6.07) is 10.7. The molecule has 144 valence electrons. The first kappa shape index (κ1) is 18.7. The number of rotatable bonds is 5. The van der Waals surface area contributed by atoms with Gasteiger partial charge in [0.1, 0.15) is 11.9 Å². The molecule has 1 aromatic carbocycles. The van der Waals surface area contributed by atoms with Crippen LogP contribution in [0.15, 0.2) is 42.6 Å². The van der Waals surface area contributed by atoms with Crippen molar-refractivity contribution in [3.63, 3.8) is 0 Å². The molecule has 2 heterocycles. The number of fused-ring (bicyclic) bond motifs is 1. The van der Waals surface area contributed by atoms with Crippen LogP contribution >= 0.6 is 11.6 Å². The average molecular weight is 391 g/mol. The molecule has 1 aliphatic heterocycles. The molecular weight excluding hydrogens is 367 g/mol. The van der Waals surface area contributed by atoms with E-state index >= 15 is 0 Å². The molecule has 2 fully saturated rings. The number of aromatic nitrogens is 1. The molecule has 3 atom stereocenters. The van der Waals surface area contributed by atoms with E-state index in [9.17, 15) is 4.39 Å². The van der Waals surface area contributed by atoms with Crippen LogP contribution in [0.25, 0.3) is 0 Å². The number of pyridine rings is 1. The summed E-state index contributed by atoms with van der Waals surface area (Å²) in [7, 11) is 1.78. The van der Waals surface area contributed by atoms with Gasteiger partial charge in [-0.05, 0) is 37.5 Å². The van der Waals surface area contributed by atoms with Crippen LogP contribution in [0.5, 0.6) is 5.88 Å². The zero-order chi connectivity index (χ0) is 18.9. The van der Waals surface area contributed by atoms with Crippen LogP contribution in [0.4, 0.5) is 4.39 Å². The van der Waals surface area contributed by atoms with E-state index in [0.717, 1.165) is 32.2 Å². The second kappa shape index (κ2) is 7.74. The van der Waals surface area contributed by atoms with Crippen LogP contribution < -0.4 is 4.74 Å². The lowest BCUT2D eigenvalue weighted by Crippen LogP contribution is -2.52. The van der Waals surface area contributed by atoms with Crippen molar-refractivity contribution in [2.75, 3.05) is 13.7 Å². The van der Waals surface area contributed by atoms with Gasteiger partial charge in [-0.3, -0.25) is 4.90 Å². The number of halogens is 2.